The minimum absolute atomic E-state index is 0.566. The van der Waals surface area contributed by atoms with Crippen LogP contribution in [0.3, 0.4) is 0 Å². The second-order valence-electron chi connectivity index (χ2n) is 4.18. The molecule has 0 saturated carbocycles. The Morgan fingerprint density at radius 3 is 2.75 bits per heavy atom. The minimum Gasteiger partial charge on any atom is -0.297 e. The van der Waals surface area contributed by atoms with Gasteiger partial charge in [-0.15, -0.1) is 10.2 Å². The molecule has 0 radical (unpaired) electrons. The van der Waals surface area contributed by atoms with Gasteiger partial charge in [-0.3, -0.25) is 4.40 Å². The first-order chi connectivity index (χ1) is 9.90. The largest absolute Gasteiger partial charge is 0.297 e. The van der Waals surface area contributed by atoms with E-state index in [0.29, 0.717) is 18.1 Å². The van der Waals surface area contributed by atoms with Crippen LogP contribution < -0.4 is 0 Å². The third kappa shape index (κ3) is 1.70. The summed E-state index contributed by atoms with van der Waals surface area (Å²) in [4.78, 5) is 4.31. The van der Waals surface area contributed by atoms with Crippen molar-refractivity contribution >= 4 is 5.65 Å². The fourth-order valence-electron chi connectivity index (χ4n) is 2.02. The molecule has 0 bridgehead atoms. The normalized spacial score (nSPS) is 11.2. The molecule has 0 aliphatic rings. The van der Waals surface area contributed by atoms with Gasteiger partial charge in [0.1, 0.15) is 11.3 Å². The molecule has 4 rings (SSSR count). The fourth-order valence-corrected chi connectivity index (χ4v) is 2.02. The molecule has 10 nitrogen and oxygen atoms in total. The second kappa shape index (κ2) is 4.19. The maximum absolute atomic E-state index is 4.31. The summed E-state index contributed by atoms with van der Waals surface area (Å²) >= 11 is 0. The Bertz CT molecular complexity index is 828. The summed E-state index contributed by atoms with van der Waals surface area (Å²) in [5, 5.41) is 27.5. The molecule has 20 heavy (non-hydrogen) atoms. The maximum Gasteiger partial charge on any atom is 0.198 e. The Balaban J connectivity index is 1.79. The zero-order valence-corrected chi connectivity index (χ0v) is 10.1. The molecule has 0 atom stereocenters. The van der Waals surface area contributed by atoms with E-state index in [1.807, 2.05) is 22.7 Å². The van der Waals surface area contributed by atoms with Gasteiger partial charge in [-0.1, -0.05) is 6.07 Å². The molecule has 0 spiro atoms. The van der Waals surface area contributed by atoms with Crippen molar-refractivity contribution in [2.75, 3.05) is 0 Å². The summed E-state index contributed by atoms with van der Waals surface area (Å²) in [6.07, 6.45) is 4.29. The van der Waals surface area contributed by atoms with E-state index >= 15 is 0 Å². The molecule has 4 heterocycles. The van der Waals surface area contributed by atoms with E-state index in [-0.39, 0.29) is 0 Å². The van der Waals surface area contributed by atoms with Gasteiger partial charge in [-0.05, 0) is 32.5 Å². The highest BCUT2D eigenvalue weighted by Gasteiger charge is 2.10. The molecule has 0 saturated heterocycles. The van der Waals surface area contributed by atoms with Crippen molar-refractivity contribution in [3.05, 3.63) is 35.9 Å². The number of imidazole rings is 1. The van der Waals surface area contributed by atoms with Crippen molar-refractivity contribution in [3.8, 4) is 11.5 Å². The monoisotopic (exact) mass is 268 g/mol. The van der Waals surface area contributed by atoms with Crippen LogP contribution in [0.2, 0.25) is 0 Å². The van der Waals surface area contributed by atoms with E-state index < -0.39 is 0 Å². The smallest absolute Gasteiger partial charge is 0.198 e. The number of nitrogens with one attached hydrogen (secondary N) is 2. The lowest BCUT2D eigenvalue weighted by Gasteiger charge is -2.01. The van der Waals surface area contributed by atoms with Gasteiger partial charge in [0.05, 0.1) is 6.20 Å². The minimum atomic E-state index is 0.566. The van der Waals surface area contributed by atoms with Crippen LogP contribution in [-0.2, 0) is 6.42 Å². The summed E-state index contributed by atoms with van der Waals surface area (Å²) in [7, 11) is 0. The van der Waals surface area contributed by atoms with Crippen LogP contribution in [0.4, 0.5) is 0 Å². The van der Waals surface area contributed by atoms with Gasteiger partial charge in [0.25, 0.3) is 0 Å². The Hall–Kier alpha value is -3.17. The van der Waals surface area contributed by atoms with Crippen molar-refractivity contribution in [2.45, 2.75) is 6.42 Å². The molecule has 2 N–H and O–H groups in total. The van der Waals surface area contributed by atoms with Gasteiger partial charge in [0.15, 0.2) is 11.6 Å². The van der Waals surface area contributed by atoms with Crippen molar-refractivity contribution < 1.29 is 0 Å². The molecule has 0 fully saturated rings. The molecular weight excluding hydrogens is 260 g/mol. The number of H-pyrrole nitrogens is 2. The number of aromatic nitrogens is 10. The molecule has 4 aromatic rings. The van der Waals surface area contributed by atoms with Crippen LogP contribution >= 0.6 is 0 Å². The van der Waals surface area contributed by atoms with Gasteiger partial charge < -0.3 is 0 Å². The van der Waals surface area contributed by atoms with Crippen molar-refractivity contribution in [1.82, 2.24) is 50.6 Å². The van der Waals surface area contributed by atoms with Gasteiger partial charge in [0, 0.05) is 12.6 Å². The lowest BCUT2D eigenvalue weighted by atomic mass is 10.2. The van der Waals surface area contributed by atoms with E-state index in [1.54, 1.807) is 6.20 Å². The molecule has 4 aromatic heterocycles. The molecule has 98 valence electrons. The SMILES string of the molecule is c1cc2ncc(-c3nnn[nH]3)n2cc1Cc1nnn[nH]1. The number of aromatic amines is 2. The lowest BCUT2D eigenvalue weighted by Crippen LogP contribution is -1.96. The molecule has 0 amide bonds. The van der Waals surface area contributed by atoms with Crippen LogP contribution in [0.5, 0.6) is 0 Å². The van der Waals surface area contributed by atoms with Crippen molar-refractivity contribution in [1.29, 1.82) is 0 Å². The highest BCUT2D eigenvalue weighted by atomic mass is 15.5. The van der Waals surface area contributed by atoms with Crippen molar-refractivity contribution in [2.24, 2.45) is 0 Å². The Morgan fingerprint density at radius 2 is 1.95 bits per heavy atom. The quantitative estimate of drug-likeness (QED) is 0.518. The fraction of sp³-hybridized carbons (Fsp3) is 0.100. The average Bonchev–Trinajstić information content (AvgIpc) is 3.19. The molecule has 0 aliphatic heterocycles. The molecule has 0 unspecified atom stereocenters. The number of pyridine rings is 1. The number of nitrogens with zero attached hydrogens (tertiary/aromatic N) is 8. The topological polar surface area (TPSA) is 126 Å². The lowest BCUT2D eigenvalue weighted by molar-refractivity contribution is 0.881. The molecule has 10 heteroatoms. The molecule has 0 aliphatic carbocycles. The first-order valence-corrected chi connectivity index (χ1v) is 5.83. The number of hydrogen-bond acceptors (Lipinski definition) is 7. The van der Waals surface area contributed by atoms with E-state index in [4.69, 9.17) is 0 Å². The van der Waals surface area contributed by atoms with Crippen LogP contribution in [-0.4, -0.2) is 50.6 Å². The summed E-state index contributed by atoms with van der Waals surface area (Å²) in [5.41, 5.74) is 2.65. The standard InChI is InChI=1S/C10H8N10/c1-2-9-11-4-7(10-14-18-19-15-10)20(9)5-6(1)3-8-12-16-17-13-8/h1-2,4-5H,3H2,(H,12,13,16,17)(H,14,15,18,19). The Morgan fingerprint density at radius 1 is 1.05 bits per heavy atom. The molecule has 0 aromatic carbocycles. The predicted molar refractivity (Wildman–Crippen MR) is 65.3 cm³/mol. The summed E-state index contributed by atoms with van der Waals surface area (Å²) in [5.74, 6) is 1.27. The van der Waals surface area contributed by atoms with Gasteiger partial charge >= 0.3 is 0 Å². The van der Waals surface area contributed by atoms with E-state index in [9.17, 15) is 0 Å². The van der Waals surface area contributed by atoms with Gasteiger partial charge in [0.2, 0.25) is 0 Å². The maximum atomic E-state index is 4.31. The van der Waals surface area contributed by atoms with Crippen molar-refractivity contribution in [3.63, 3.8) is 0 Å². The van der Waals surface area contributed by atoms with Gasteiger partial charge in [-0.2, -0.15) is 0 Å². The molecular formula is C10H8N10. The second-order valence-corrected chi connectivity index (χ2v) is 4.18. The first kappa shape index (κ1) is 10.7. The summed E-state index contributed by atoms with van der Waals surface area (Å²) in [6, 6.07) is 3.90. The van der Waals surface area contributed by atoms with E-state index in [1.165, 1.54) is 0 Å². The third-order valence-corrected chi connectivity index (χ3v) is 2.92. The van der Waals surface area contributed by atoms with Crippen LogP contribution in [0.1, 0.15) is 11.4 Å². The number of tetrazole rings is 2. The zero-order chi connectivity index (χ0) is 13.4. The van der Waals surface area contributed by atoms with E-state index in [0.717, 1.165) is 16.9 Å². The number of rotatable bonds is 3. The number of fused-ring (bicyclic) bond motifs is 1. The average molecular weight is 268 g/mol. The highest BCUT2D eigenvalue weighted by molar-refractivity contribution is 5.56. The highest BCUT2D eigenvalue weighted by Crippen LogP contribution is 2.17. The van der Waals surface area contributed by atoms with E-state index in [2.05, 4.69) is 46.2 Å². The van der Waals surface area contributed by atoms with Crippen LogP contribution in [0, 0.1) is 0 Å². The third-order valence-electron chi connectivity index (χ3n) is 2.92. The Labute approximate surface area is 111 Å². The summed E-state index contributed by atoms with van der Waals surface area (Å²) in [6.45, 7) is 0. The van der Waals surface area contributed by atoms with Crippen LogP contribution in [0.15, 0.2) is 24.5 Å². The van der Waals surface area contributed by atoms with Gasteiger partial charge in [-0.25, -0.2) is 15.2 Å². The summed E-state index contributed by atoms with van der Waals surface area (Å²) < 4.78 is 1.92. The Kier molecular flexibility index (Phi) is 2.25. The van der Waals surface area contributed by atoms with Crippen LogP contribution in [0.25, 0.3) is 17.2 Å². The first-order valence-electron chi connectivity index (χ1n) is 5.83. The predicted octanol–water partition coefficient (Wildman–Crippen LogP) is -0.382. The number of hydrogen-bond donors (Lipinski definition) is 2. The zero-order valence-electron chi connectivity index (χ0n) is 10.1.